The number of hydrogen-bond donors (Lipinski definition) is 1. The summed E-state index contributed by atoms with van der Waals surface area (Å²) in [6, 6.07) is -0.175. The van der Waals surface area contributed by atoms with Crippen LogP contribution in [-0.4, -0.2) is 65.0 Å². The van der Waals surface area contributed by atoms with Crippen molar-refractivity contribution in [1.82, 2.24) is 19.6 Å². The first-order chi connectivity index (χ1) is 11.6. The van der Waals surface area contributed by atoms with Crippen LogP contribution in [0.25, 0.3) is 0 Å². The Hall–Kier alpha value is -1.12. The van der Waals surface area contributed by atoms with Crippen LogP contribution in [0.3, 0.4) is 0 Å². The monoisotopic (exact) mass is 415 g/mol. The summed E-state index contributed by atoms with van der Waals surface area (Å²) < 4.78 is 8.36. The molecule has 25 heavy (non-hydrogen) atoms. The van der Waals surface area contributed by atoms with Crippen LogP contribution in [0.15, 0.2) is 10.7 Å². The van der Waals surface area contributed by atoms with Crippen molar-refractivity contribution in [3.8, 4) is 0 Å². The van der Waals surface area contributed by atoms with E-state index in [9.17, 15) is 4.79 Å². The number of nitrogens with zero attached hydrogens (tertiary/aromatic N) is 4. The van der Waals surface area contributed by atoms with Gasteiger partial charge in [0, 0.05) is 19.6 Å². The lowest BCUT2D eigenvalue weighted by molar-refractivity contribution is 0.0286. The maximum absolute atomic E-state index is 12.3. The van der Waals surface area contributed by atoms with Crippen LogP contribution in [0.4, 0.5) is 4.79 Å². The van der Waals surface area contributed by atoms with Gasteiger partial charge in [-0.2, -0.15) is 5.10 Å². The van der Waals surface area contributed by atoms with Gasteiger partial charge in [0.2, 0.25) is 0 Å². The van der Waals surface area contributed by atoms with E-state index in [1.165, 1.54) is 0 Å². The van der Waals surface area contributed by atoms with E-state index in [0.29, 0.717) is 13.1 Å². The predicted molar refractivity (Wildman–Crippen MR) is 101 cm³/mol. The lowest BCUT2D eigenvalue weighted by Crippen LogP contribution is -2.36. The third kappa shape index (κ3) is 5.43. The molecule has 0 bridgehead atoms. The molecule has 1 amide bonds. The lowest BCUT2D eigenvalue weighted by atomic mass is 9.97. The Labute approximate surface area is 158 Å². The highest BCUT2D eigenvalue weighted by Crippen LogP contribution is 2.32. The summed E-state index contributed by atoms with van der Waals surface area (Å²) in [7, 11) is 4.07. The van der Waals surface area contributed by atoms with Gasteiger partial charge in [0.25, 0.3) is 0 Å². The summed E-state index contributed by atoms with van der Waals surface area (Å²) >= 11 is 3.57. The highest BCUT2D eigenvalue weighted by atomic mass is 79.9. The number of hydrogen-bond acceptors (Lipinski definition) is 5. The van der Waals surface area contributed by atoms with Crippen molar-refractivity contribution in [2.24, 2.45) is 11.7 Å². The second-order valence-corrected chi connectivity index (χ2v) is 8.76. The largest absolute Gasteiger partial charge is 0.444 e. The van der Waals surface area contributed by atoms with Crippen molar-refractivity contribution in [1.29, 1.82) is 0 Å². The van der Waals surface area contributed by atoms with Crippen LogP contribution in [0, 0.1) is 5.92 Å². The number of carbonyl (C=O) groups excluding carboxylic acids is 1. The zero-order valence-electron chi connectivity index (χ0n) is 15.8. The summed E-state index contributed by atoms with van der Waals surface area (Å²) in [5.74, 6) is 0.193. The molecule has 1 aromatic heterocycles. The van der Waals surface area contributed by atoms with Gasteiger partial charge in [-0.05, 0) is 63.1 Å². The average molecular weight is 416 g/mol. The van der Waals surface area contributed by atoms with Gasteiger partial charge < -0.3 is 20.3 Å². The number of halogens is 1. The van der Waals surface area contributed by atoms with Gasteiger partial charge in [0.05, 0.1) is 29.0 Å². The molecule has 142 valence electrons. The molecule has 8 heteroatoms. The maximum Gasteiger partial charge on any atom is 0.410 e. The number of likely N-dealkylation sites (N-methyl/N-ethyl adjacent to an activating group) is 1. The summed E-state index contributed by atoms with van der Waals surface area (Å²) in [5, 5.41) is 4.44. The van der Waals surface area contributed by atoms with Crippen molar-refractivity contribution in [2.75, 3.05) is 33.7 Å². The Morgan fingerprint density at radius 2 is 2.20 bits per heavy atom. The third-order valence-corrected chi connectivity index (χ3v) is 4.90. The number of rotatable bonds is 5. The van der Waals surface area contributed by atoms with Gasteiger partial charge in [-0.25, -0.2) is 4.79 Å². The van der Waals surface area contributed by atoms with E-state index >= 15 is 0 Å². The smallest absolute Gasteiger partial charge is 0.410 e. The molecule has 2 N–H and O–H groups in total. The highest BCUT2D eigenvalue weighted by molar-refractivity contribution is 9.10. The minimum Gasteiger partial charge on any atom is -0.444 e. The van der Waals surface area contributed by atoms with E-state index in [1.54, 1.807) is 11.1 Å². The molecule has 0 aliphatic carbocycles. The van der Waals surface area contributed by atoms with Gasteiger partial charge in [0.15, 0.2) is 0 Å². The maximum atomic E-state index is 12.3. The Balaban J connectivity index is 2.03. The molecule has 0 spiro atoms. The minimum atomic E-state index is -0.481. The standard InChI is InChI=1S/C17H30BrN5O2/c1-17(2,3)25-16(24)22-7-6-12(11-22)14(19)15-13(18)10-20-23(15)9-8-21(4)5/h10,12,14H,6-9,11,19H2,1-5H3. The number of aromatic nitrogens is 2. The molecule has 2 heterocycles. The first kappa shape index (κ1) is 20.2. The van der Waals surface area contributed by atoms with Crippen molar-refractivity contribution < 1.29 is 9.53 Å². The molecule has 7 nitrogen and oxygen atoms in total. The van der Waals surface area contributed by atoms with Crippen LogP contribution in [0.5, 0.6) is 0 Å². The molecular formula is C17H30BrN5O2. The Morgan fingerprint density at radius 1 is 1.52 bits per heavy atom. The molecule has 1 aliphatic rings. The number of likely N-dealkylation sites (tertiary alicyclic amines) is 1. The van der Waals surface area contributed by atoms with E-state index in [2.05, 4.69) is 25.9 Å². The molecule has 2 rings (SSSR count). The zero-order chi connectivity index (χ0) is 18.8. The van der Waals surface area contributed by atoms with Gasteiger partial charge in [-0.15, -0.1) is 0 Å². The molecule has 1 aromatic rings. The van der Waals surface area contributed by atoms with Crippen LogP contribution in [-0.2, 0) is 11.3 Å². The molecule has 1 saturated heterocycles. The first-order valence-electron chi connectivity index (χ1n) is 8.68. The third-order valence-electron chi connectivity index (χ3n) is 4.29. The number of amides is 1. The fourth-order valence-electron chi connectivity index (χ4n) is 2.97. The van der Waals surface area contributed by atoms with Gasteiger partial charge in [-0.1, -0.05) is 0 Å². The molecule has 0 radical (unpaired) electrons. The summed E-state index contributed by atoms with van der Waals surface area (Å²) in [6.45, 7) is 8.60. The quantitative estimate of drug-likeness (QED) is 0.798. The van der Waals surface area contributed by atoms with Crippen molar-refractivity contribution >= 4 is 22.0 Å². The Kier molecular flexibility index (Phi) is 6.51. The van der Waals surface area contributed by atoms with E-state index in [1.807, 2.05) is 39.5 Å². The molecule has 0 aromatic carbocycles. The second-order valence-electron chi connectivity index (χ2n) is 7.91. The lowest BCUT2D eigenvalue weighted by Gasteiger charge is -2.25. The van der Waals surface area contributed by atoms with E-state index in [4.69, 9.17) is 10.5 Å². The highest BCUT2D eigenvalue weighted by Gasteiger charge is 2.35. The second kappa shape index (κ2) is 8.05. The van der Waals surface area contributed by atoms with Crippen molar-refractivity contribution in [3.05, 3.63) is 16.4 Å². The van der Waals surface area contributed by atoms with E-state index < -0.39 is 5.60 Å². The minimum absolute atomic E-state index is 0.175. The molecule has 2 atom stereocenters. The zero-order valence-corrected chi connectivity index (χ0v) is 17.4. The molecular weight excluding hydrogens is 386 g/mol. The van der Waals surface area contributed by atoms with Crippen LogP contribution >= 0.6 is 15.9 Å². The Bertz CT molecular complexity index is 596. The fourth-order valence-corrected chi connectivity index (χ4v) is 3.53. The topological polar surface area (TPSA) is 76.6 Å². The number of nitrogens with two attached hydrogens (primary N) is 1. The molecule has 1 fully saturated rings. The Morgan fingerprint density at radius 3 is 2.80 bits per heavy atom. The van der Waals surface area contributed by atoms with E-state index in [0.717, 1.165) is 29.7 Å². The number of carbonyl (C=O) groups is 1. The summed E-state index contributed by atoms with van der Waals surface area (Å²) in [5.41, 5.74) is 7.08. The SMILES string of the molecule is CN(C)CCn1ncc(Br)c1C(N)C1CCN(C(=O)OC(C)(C)C)C1. The van der Waals surface area contributed by atoms with Crippen LogP contribution < -0.4 is 5.73 Å². The molecule has 2 unspecified atom stereocenters. The van der Waals surface area contributed by atoms with Gasteiger partial charge in [-0.3, -0.25) is 4.68 Å². The average Bonchev–Trinajstić information content (AvgIpc) is 3.09. The van der Waals surface area contributed by atoms with Crippen molar-refractivity contribution in [2.45, 2.75) is 45.4 Å². The van der Waals surface area contributed by atoms with E-state index in [-0.39, 0.29) is 18.1 Å². The van der Waals surface area contributed by atoms with Crippen molar-refractivity contribution in [3.63, 3.8) is 0 Å². The first-order valence-corrected chi connectivity index (χ1v) is 9.47. The molecule has 1 aliphatic heterocycles. The normalized spacial score (nSPS) is 19.5. The van der Waals surface area contributed by atoms with Crippen LogP contribution in [0.1, 0.15) is 38.9 Å². The van der Waals surface area contributed by atoms with Gasteiger partial charge in [0.1, 0.15) is 5.60 Å². The predicted octanol–water partition coefficient (Wildman–Crippen LogP) is 2.46. The van der Waals surface area contributed by atoms with Gasteiger partial charge >= 0.3 is 6.09 Å². The summed E-state index contributed by atoms with van der Waals surface area (Å²) in [6.07, 6.45) is 2.40. The summed E-state index contributed by atoms with van der Waals surface area (Å²) in [4.78, 5) is 16.1. The molecule has 0 saturated carbocycles. The number of ether oxygens (including phenoxy) is 1. The fraction of sp³-hybridized carbons (Fsp3) is 0.765. The van der Waals surface area contributed by atoms with Crippen LogP contribution in [0.2, 0.25) is 0 Å².